The third kappa shape index (κ3) is 2.33. The van der Waals surface area contributed by atoms with Crippen molar-refractivity contribution in [3.05, 3.63) is 24.3 Å². The minimum atomic E-state index is -0.553. The van der Waals surface area contributed by atoms with Gasteiger partial charge in [-0.1, -0.05) is 12.1 Å². The highest BCUT2D eigenvalue weighted by molar-refractivity contribution is 5.82. The Hall–Kier alpha value is -1.75. The van der Waals surface area contributed by atoms with E-state index in [1.54, 1.807) is 0 Å². The fraction of sp³-hybridized carbons (Fsp3) is 0.533. The number of carbonyl (C=O) groups is 1. The molecule has 1 N–H and O–H groups in total. The van der Waals surface area contributed by atoms with Crippen molar-refractivity contribution in [2.45, 2.75) is 25.5 Å². The monoisotopic (exact) mass is 276 g/mol. The van der Waals surface area contributed by atoms with E-state index < -0.39 is 6.10 Å². The van der Waals surface area contributed by atoms with Gasteiger partial charge in [0.1, 0.15) is 6.61 Å². The highest BCUT2D eigenvalue weighted by Crippen LogP contribution is 2.32. The van der Waals surface area contributed by atoms with Gasteiger partial charge in [0.15, 0.2) is 11.5 Å². The van der Waals surface area contributed by atoms with Crippen LogP contribution in [0, 0.1) is 0 Å². The van der Waals surface area contributed by atoms with Crippen LogP contribution in [0.15, 0.2) is 24.3 Å². The van der Waals surface area contributed by atoms with Gasteiger partial charge in [0.05, 0.1) is 0 Å². The molecule has 1 atom stereocenters. The highest BCUT2D eigenvalue weighted by Gasteiger charge is 2.39. The molecule has 108 valence electrons. The number of nitrogens with one attached hydrogen (secondary N) is 1. The SMILES string of the molecule is CC1(C)CNCCN1C(=O)C1COc2ccccc2O1. The summed E-state index contributed by atoms with van der Waals surface area (Å²) in [5.74, 6) is 1.35. The molecule has 1 aromatic rings. The van der Waals surface area contributed by atoms with Gasteiger partial charge >= 0.3 is 0 Å². The van der Waals surface area contributed by atoms with Crippen LogP contribution >= 0.6 is 0 Å². The molecule has 5 nitrogen and oxygen atoms in total. The van der Waals surface area contributed by atoms with Crippen LogP contribution in [0.5, 0.6) is 11.5 Å². The molecular formula is C15H20N2O3. The second kappa shape index (κ2) is 4.98. The number of rotatable bonds is 1. The van der Waals surface area contributed by atoms with Gasteiger partial charge in [-0.3, -0.25) is 4.79 Å². The zero-order valence-electron chi connectivity index (χ0n) is 11.9. The number of piperazine rings is 1. The van der Waals surface area contributed by atoms with Gasteiger partial charge in [0, 0.05) is 25.2 Å². The van der Waals surface area contributed by atoms with Crippen molar-refractivity contribution in [3.8, 4) is 11.5 Å². The van der Waals surface area contributed by atoms with E-state index in [0.29, 0.717) is 18.0 Å². The van der Waals surface area contributed by atoms with E-state index in [1.807, 2.05) is 29.2 Å². The summed E-state index contributed by atoms with van der Waals surface area (Å²) in [4.78, 5) is 14.6. The van der Waals surface area contributed by atoms with E-state index >= 15 is 0 Å². The first-order valence-corrected chi connectivity index (χ1v) is 6.99. The number of carbonyl (C=O) groups excluding carboxylic acids is 1. The zero-order chi connectivity index (χ0) is 14.2. The standard InChI is InChI=1S/C15H20N2O3/c1-15(2)10-16-7-8-17(15)14(18)13-9-19-11-5-3-4-6-12(11)20-13/h3-6,13,16H,7-10H2,1-2H3. The lowest BCUT2D eigenvalue weighted by Gasteiger charge is -2.44. The van der Waals surface area contributed by atoms with Crippen LogP contribution in [-0.4, -0.2) is 48.7 Å². The van der Waals surface area contributed by atoms with Crippen molar-refractivity contribution in [2.75, 3.05) is 26.2 Å². The first kappa shape index (κ1) is 13.2. The summed E-state index contributed by atoms with van der Waals surface area (Å²) >= 11 is 0. The van der Waals surface area contributed by atoms with Crippen molar-refractivity contribution in [3.63, 3.8) is 0 Å². The first-order valence-electron chi connectivity index (χ1n) is 6.99. The Balaban J connectivity index is 1.76. The molecule has 3 rings (SSSR count). The molecule has 2 heterocycles. The number of para-hydroxylation sites is 2. The van der Waals surface area contributed by atoms with Gasteiger partial charge in [-0.15, -0.1) is 0 Å². The second-order valence-electron chi connectivity index (χ2n) is 5.84. The molecule has 1 unspecified atom stereocenters. The third-order valence-corrected chi connectivity index (χ3v) is 3.85. The molecule has 1 aromatic carbocycles. The number of hydrogen-bond acceptors (Lipinski definition) is 4. The maximum atomic E-state index is 12.7. The van der Waals surface area contributed by atoms with Crippen LogP contribution in [0.2, 0.25) is 0 Å². The number of ether oxygens (including phenoxy) is 2. The predicted molar refractivity (Wildman–Crippen MR) is 75.0 cm³/mol. The Labute approximate surface area is 118 Å². The van der Waals surface area contributed by atoms with Gasteiger partial charge in [0.2, 0.25) is 6.10 Å². The molecule has 0 spiro atoms. The van der Waals surface area contributed by atoms with Crippen LogP contribution < -0.4 is 14.8 Å². The summed E-state index contributed by atoms with van der Waals surface area (Å²) in [5.41, 5.74) is -0.199. The van der Waals surface area contributed by atoms with Gasteiger partial charge in [-0.25, -0.2) is 0 Å². The molecule has 0 aromatic heterocycles. The summed E-state index contributed by atoms with van der Waals surface area (Å²) < 4.78 is 11.4. The molecule has 0 aliphatic carbocycles. The largest absolute Gasteiger partial charge is 0.485 e. The molecule has 1 saturated heterocycles. The topological polar surface area (TPSA) is 50.8 Å². The molecule has 0 radical (unpaired) electrons. The fourth-order valence-corrected chi connectivity index (χ4v) is 2.71. The number of amides is 1. The molecule has 1 fully saturated rings. The molecule has 0 bridgehead atoms. The van der Waals surface area contributed by atoms with Gasteiger partial charge in [-0.05, 0) is 26.0 Å². The van der Waals surface area contributed by atoms with E-state index in [1.165, 1.54) is 0 Å². The highest BCUT2D eigenvalue weighted by atomic mass is 16.6. The average molecular weight is 276 g/mol. The quantitative estimate of drug-likeness (QED) is 0.832. The Kier molecular flexibility index (Phi) is 3.30. The van der Waals surface area contributed by atoms with Crippen LogP contribution in [0.3, 0.4) is 0 Å². The van der Waals surface area contributed by atoms with E-state index in [9.17, 15) is 4.79 Å². The summed E-state index contributed by atoms with van der Waals surface area (Å²) in [6.45, 7) is 6.72. The molecule has 20 heavy (non-hydrogen) atoms. The molecule has 1 amide bonds. The van der Waals surface area contributed by atoms with Gasteiger partial charge < -0.3 is 19.7 Å². The summed E-state index contributed by atoms with van der Waals surface area (Å²) in [6.07, 6.45) is -0.553. The summed E-state index contributed by atoms with van der Waals surface area (Å²) in [7, 11) is 0. The molecule has 2 aliphatic rings. The number of hydrogen-bond donors (Lipinski definition) is 1. The summed E-state index contributed by atoms with van der Waals surface area (Å²) in [5, 5.41) is 3.31. The first-order chi connectivity index (χ1) is 9.58. The van der Waals surface area contributed by atoms with E-state index in [0.717, 1.165) is 13.1 Å². The Morgan fingerprint density at radius 1 is 1.35 bits per heavy atom. The van der Waals surface area contributed by atoms with Gasteiger partial charge in [-0.2, -0.15) is 0 Å². The number of benzene rings is 1. The maximum absolute atomic E-state index is 12.7. The fourth-order valence-electron chi connectivity index (χ4n) is 2.71. The van der Waals surface area contributed by atoms with Crippen LogP contribution in [0.4, 0.5) is 0 Å². The van der Waals surface area contributed by atoms with Gasteiger partial charge in [0.25, 0.3) is 5.91 Å². The minimum absolute atomic E-state index is 0.00556. The molecule has 5 heteroatoms. The lowest BCUT2D eigenvalue weighted by atomic mass is 9.99. The maximum Gasteiger partial charge on any atom is 0.267 e. The Bertz CT molecular complexity index is 516. The van der Waals surface area contributed by atoms with Crippen LogP contribution in [-0.2, 0) is 4.79 Å². The van der Waals surface area contributed by atoms with E-state index in [2.05, 4.69) is 19.2 Å². The van der Waals surface area contributed by atoms with E-state index in [4.69, 9.17) is 9.47 Å². The number of nitrogens with zero attached hydrogens (tertiary/aromatic N) is 1. The van der Waals surface area contributed by atoms with Crippen LogP contribution in [0.1, 0.15) is 13.8 Å². The lowest BCUT2D eigenvalue weighted by Crippen LogP contribution is -2.63. The Morgan fingerprint density at radius 2 is 2.10 bits per heavy atom. The second-order valence-corrected chi connectivity index (χ2v) is 5.84. The van der Waals surface area contributed by atoms with Crippen molar-refractivity contribution in [1.82, 2.24) is 10.2 Å². The van der Waals surface area contributed by atoms with Crippen molar-refractivity contribution >= 4 is 5.91 Å². The van der Waals surface area contributed by atoms with Crippen LogP contribution in [0.25, 0.3) is 0 Å². The van der Waals surface area contributed by atoms with E-state index in [-0.39, 0.29) is 18.1 Å². The molecular weight excluding hydrogens is 256 g/mol. The third-order valence-electron chi connectivity index (χ3n) is 3.85. The summed E-state index contributed by atoms with van der Waals surface area (Å²) in [6, 6.07) is 7.45. The zero-order valence-corrected chi connectivity index (χ0v) is 11.9. The number of fused-ring (bicyclic) bond motifs is 1. The van der Waals surface area contributed by atoms with Crippen molar-refractivity contribution in [1.29, 1.82) is 0 Å². The minimum Gasteiger partial charge on any atom is -0.485 e. The smallest absolute Gasteiger partial charge is 0.267 e. The van der Waals surface area contributed by atoms with Crippen molar-refractivity contribution in [2.24, 2.45) is 0 Å². The molecule has 2 aliphatic heterocycles. The average Bonchev–Trinajstić information content (AvgIpc) is 2.45. The Morgan fingerprint density at radius 3 is 2.85 bits per heavy atom. The molecule has 0 saturated carbocycles. The van der Waals surface area contributed by atoms with Crippen molar-refractivity contribution < 1.29 is 14.3 Å². The lowest BCUT2D eigenvalue weighted by molar-refractivity contribution is -0.147. The predicted octanol–water partition coefficient (Wildman–Crippen LogP) is 1.04. The normalized spacial score (nSPS) is 24.3.